The van der Waals surface area contributed by atoms with E-state index in [1.165, 1.54) is 0 Å². The van der Waals surface area contributed by atoms with Crippen LogP contribution < -0.4 is 5.32 Å². The maximum Gasteiger partial charge on any atom is 0.240 e. The van der Waals surface area contributed by atoms with Gasteiger partial charge in [0.25, 0.3) is 0 Å². The van der Waals surface area contributed by atoms with Crippen molar-refractivity contribution in [2.45, 2.75) is 39.7 Å². The average molecular weight is 440 g/mol. The van der Waals surface area contributed by atoms with E-state index in [0.717, 1.165) is 35.2 Å². The van der Waals surface area contributed by atoms with E-state index < -0.39 is 21.5 Å². The number of nitrogens with zero attached hydrogens (tertiary/aromatic N) is 2. The topological polar surface area (TPSA) is 81.1 Å². The number of unbranched alkanes of at least 4 members (excludes halogenated alkanes) is 2. The highest BCUT2D eigenvalue weighted by molar-refractivity contribution is 7.92. The lowest BCUT2D eigenvalue weighted by Crippen LogP contribution is -2.26. The number of nitrogens with one attached hydrogen (secondary N) is 1. The molecule has 1 heterocycles. The number of aromatic nitrogens is 2. The number of amides is 1. The van der Waals surface area contributed by atoms with Gasteiger partial charge in [0.15, 0.2) is 9.84 Å². The maximum absolute atomic E-state index is 12.5. The van der Waals surface area contributed by atoms with Crippen molar-refractivity contribution in [2.75, 3.05) is 16.8 Å². The Balaban J connectivity index is 1.83. The number of aryl methyl sites for hydroxylation is 1. The molecule has 31 heavy (non-hydrogen) atoms. The lowest BCUT2D eigenvalue weighted by molar-refractivity contribution is -0.113. The van der Waals surface area contributed by atoms with Crippen LogP contribution in [0.5, 0.6) is 0 Å². The number of carbonyl (C=O) groups is 1. The molecule has 0 fully saturated rings. The summed E-state index contributed by atoms with van der Waals surface area (Å²) in [6.07, 6.45) is 2.35. The molecule has 0 aliphatic rings. The summed E-state index contributed by atoms with van der Waals surface area (Å²) in [5.41, 5.74) is 3.81. The largest absolute Gasteiger partial charge is 0.310 e. The van der Waals surface area contributed by atoms with Crippen molar-refractivity contribution in [2.24, 2.45) is 0 Å². The van der Waals surface area contributed by atoms with Gasteiger partial charge in [0, 0.05) is 11.6 Å². The molecule has 1 aromatic heterocycles. The molecule has 164 valence electrons. The first-order valence-electron chi connectivity index (χ1n) is 10.6. The molecule has 1 N–H and O–H groups in total. The Kier molecular flexibility index (Phi) is 7.63. The molecule has 6 nitrogen and oxygen atoms in total. The lowest BCUT2D eigenvalue weighted by atomic mass is 10.1. The van der Waals surface area contributed by atoms with Gasteiger partial charge in [-0.05, 0) is 24.5 Å². The first-order valence-corrected chi connectivity index (χ1v) is 12.4. The second kappa shape index (κ2) is 10.4. The van der Waals surface area contributed by atoms with Gasteiger partial charge in [-0.1, -0.05) is 74.4 Å². The van der Waals surface area contributed by atoms with Crippen LogP contribution >= 0.6 is 0 Å². The predicted molar refractivity (Wildman–Crippen MR) is 125 cm³/mol. The minimum atomic E-state index is -3.44. The van der Waals surface area contributed by atoms with E-state index in [1.807, 2.05) is 68.4 Å². The van der Waals surface area contributed by atoms with E-state index >= 15 is 0 Å². The van der Waals surface area contributed by atoms with E-state index in [9.17, 15) is 13.2 Å². The summed E-state index contributed by atoms with van der Waals surface area (Å²) < 4.78 is 26.2. The van der Waals surface area contributed by atoms with E-state index in [4.69, 9.17) is 5.10 Å². The Hall–Kier alpha value is -2.93. The van der Waals surface area contributed by atoms with Gasteiger partial charge >= 0.3 is 0 Å². The Morgan fingerprint density at radius 2 is 1.74 bits per heavy atom. The molecule has 0 saturated heterocycles. The molecule has 0 aliphatic carbocycles. The smallest absolute Gasteiger partial charge is 0.240 e. The van der Waals surface area contributed by atoms with Crippen molar-refractivity contribution >= 4 is 21.6 Å². The number of anilines is 1. The van der Waals surface area contributed by atoms with Gasteiger partial charge in [-0.3, -0.25) is 4.79 Å². The molecule has 0 radical (unpaired) electrons. The van der Waals surface area contributed by atoms with E-state index in [2.05, 4.69) is 5.32 Å². The van der Waals surface area contributed by atoms with Crippen LogP contribution in [0, 0.1) is 6.92 Å². The summed E-state index contributed by atoms with van der Waals surface area (Å²) in [5.74, 6) is -0.545. The molecule has 0 unspecified atom stereocenters. The zero-order valence-corrected chi connectivity index (χ0v) is 18.9. The van der Waals surface area contributed by atoms with Crippen molar-refractivity contribution in [1.82, 2.24) is 9.78 Å². The summed E-state index contributed by atoms with van der Waals surface area (Å²) >= 11 is 0. The first kappa shape index (κ1) is 22.7. The predicted octanol–water partition coefficient (Wildman–Crippen LogP) is 4.45. The SMILES string of the molecule is CCCCCS(=O)(=O)CC(=O)Nc1cc(-c2ccccc2C)nn1Cc1ccccc1. The van der Waals surface area contributed by atoms with Gasteiger partial charge in [-0.25, -0.2) is 13.1 Å². The average Bonchev–Trinajstić information content (AvgIpc) is 3.10. The standard InChI is InChI=1S/C24H29N3O3S/c1-3-4-10-15-31(29,30)18-24(28)25-23-16-22(21-14-9-8-11-19(21)2)26-27(23)17-20-12-6-5-7-13-20/h5-9,11-14,16H,3-4,10,15,17-18H2,1-2H3,(H,25,28). The van der Waals surface area contributed by atoms with Gasteiger partial charge in [0.05, 0.1) is 18.0 Å². The van der Waals surface area contributed by atoms with Crippen molar-refractivity contribution in [3.63, 3.8) is 0 Å². The zero-order chi connectivity index (χ0) is 22.3. The van der Waals surface area contributed by atoms with Crippen molar-refractivity contribution < 1.29 is 13.2 Å². The molecule has 3 rings (SSSR count). The van der Waals surface area contributed by atoms with E-state index in [-0.39, 0.29) is 5.75 Å². The summed E-state index contributed by atoms with van der Waals surface area (Å²) in [4.78, 5) is 12.5. The third-order valence-corrected chi connectivity index (χ3v) is 6.67. The number of benzene rings is 2. The van der Waals surface area contributed by atoms with Crippen LogP contribution in [-0.4, -0.2) is 35.6 Å². The van der Waals surface area contributed by atoms with Crippen LogP contribution in [0.2, 0.25) is 0 Å². The second-order valence-electron chi connectivity index (χ2n) is 7.72. The quantitative estimate of drug-likeness (QED) is 0.473. The normalized spacial score (nSPS) is 11.4. The fourth-order valence-corrected chi connectivity index (χ4v) is 4.67. The lowest BCUT2D eigenvalue weighted by Gasteiger charge is -2.09. The van der Waals surface area contributed by atoms with Gasteiger partial charge in [0.1, 0.15) is 11.6 Å². The Morgan fingerprint density at radius 1 is 1.03 bits per heavy atom. The summed E-state index contributed by atoms with van der Waals surface area (Å²) in [7, 11) is -3.44. The molecule has 1 amide bonds. The van der Waals surface area contributed by atoms with Crippen molar-refractivity contribution in [1.29, 1.82) is 0 Å². The number of hydrogen-bond acceptors (Lipinski definition) is 4. The third kappa shape index (κ3) is 6.52. The van der Waals surface area contributed by atoms with Crippen LogP contribution in [0.4, 0.5) is 5.82 Å². The molecule has 0 bridgehead atoms. The molecule has 0 saturated carbocycles. The van der Waals surface area contributed by atoms with Crippen LogP contribution in [0.1, 0.15) is 37.3 Å². The summed E-state index contributed by atoms with van der Waals surface area (Å²) in [6.45, 7) is 4.48. The fourth-order valence-electron chi connectivity index (χ4n) is 3.41. The number of rotatable bonds is 10. The van der Waals surface area contributed by atoms with Crippen LogP contribution in [0.15, 0.2) is 60.7 Å². The van der Waals surface area contributed by atoms with Gasteiger partial charge in [0.2, 0.25) is 5.91 Å². The highest BCUT2D eigenvalue weighted by atomic mass is 32.2. The fraction of sp³-hybridized carbons (Fsp3) is 0.333. The van der Waals surface area contributed by atoms with Crippen molar-refractivity contribution in [3.05, 3.63) is 71.8 Å². The summed E-state index contributed by atoms with van der Waals surface area (Å²) in [6, 6.07) is 19.5. The Labute approximate surface area is 184 Å². The van der Waals surface area contributed by atoms with Crippen molar-refractivity contribution in [3.8, 4) is 11.3 Å². The molecular formula is C24H29N3O3S. The van der Waals surface area contributed by atoms with E-state index in [1.54, 1.807) is 10.7 Å². The summed E-state index contributed by atoms with van der Waals surface area (Å²) in [5, 5.41) is 7.47. The molecular weight excluding hydrogens is 410 g/mol. The molecule has 3 aromatic rings. The number of sulfone groups is 1. The monoisotopic (exact) mass is 439 g/mol. The Morgan fingerprint density at radius 3 is 2.45 bits per heavy atom. The van der Waals surface area contributed by atoms with Crippen LogP contribution in [-0.2, 0) is 21.2 Å². The molecule has 0 spiro atoms. The molecule has 7 heteroatoms. The number of hydrogen-bond donors (Lipinski definition) is 1. The second-order valence-corrected chi connectivity index (χ2v) is 9.90. The number of carbonyl (C=O) groups excluding carboxylic acids is 1. The van der Waals surface area contributed by atoms with Crippen LogP contribution in [0.3, 0.4) is 0 Å². The van der Waals surface area contributed by atoms with Gasteiger partial charge < -0.3 is 5.32 Å². The van der Waals surface area contributed by atoms with Gasteiger partial charge in [-0.2, -0.15) is 5.10 Å². The highest BCUT2D eigenvalue weighted by Gasteiger charge is 2.19. The highest BCUT2D eigenvalue weighted by Crippen LogP contribution is 2.25. The minimum Gasteiger partial charge on any atom is -0.310 e. The zero-order valence-electron chi connectivity index (χ0n) is 18.0. The van der Waals surface area contributed by atoms with Gasteiger partial charge in [-0.15, -0.1) is 0 Å². The minimum absolute atomic E-state index is 0.0337. The van der Waals surface area contributed by atoms with Crippen LogP contribution in [0.25, 0.3) is 11.3 Å². The maximum atomic E-state index is 12.5. The first-order chi connectivity index (χ1) is 14.9. The molecule has 0 atom stereocenters. The van der Waals surface area contributed by atoms with E-state index in [0.29, 0.717) is 18.8 Å². The molecule has 2 aromatic carbocycles. The Bertz CT molecular complexity index is 1120. The molecule has 0 aliphatic heterocycles. The third-order valence-electron chi connectivity index (χ3n) is 5.05.